The van der Waals surface area contributed by atoms with E-state index in [1.807, 2.05) is 0 Å². The molecule has 1 amide bonds. The van der Waals surface area contributed by atoms with E-state index in [4.69, 9.17) is 4.74 Å². The summed E-state index contributed by atoms with van der Waals surface area (Å²) in [5, 5.41) is 13.4. The van der Waals surface area contributed by atoms with Crippen LogP contribution in [0.2, 0.25) is 0 Å². The van der Waals surface area contributed by atoms with Crippen molar-refractivity contribution in [2.75, 3.05) is 12.4 Å². The van der Waals surface area contributed by atoms with Gasteiger partial charge in [0.05, 0.1) is 17.7 Å². The van der Waals surface area contributed by atoms with E-state index in [0.717, 1.165) is 0 Å². The molecule has 1 N–H and O–H groups in total. The number of non-ortho nitro benzene ring substituents is 1. The summed E-state index contributed by atoms with van der Waals surface area (Å²) in [6.45, 7) is 1.36. The van der Waals surface area contributed by atoms with Gasteiger partial charge >= 0.3 is 0 Å². The Labute approximate surface area is 144 Å². The van der Waals surface area contributed by atoms with E-state index in [1.54, 1.807) is 24.3 Å². The topological polar surface area (TPSA) is 98.5 Å². The number of carbonyl (C=O) groups excluding carboxylic acids is 2. The molecule has 0 fully saturated rings. The molecular formula is C18H16N2O5. The number of ketones is 1. The van der Waals surface area contributed by atoms with Gasteiger partial charge in [0.2, 0.25) is 5.91 Å². The Kier molecular flexibility index (Phi) is 5.62. The Morgan fingerprint density at radius 1 is 1.20 bits per heavy atom. The van der Waals surface area contributed by atoms with Gasteiger partial charge in [-0.05, 0) is 29.8 Å². The Hall–Kier alpha value is -3.48. The van der Waals surface area contributed by atoms with E-state index in [9.17, 15) is 19.7 Å². The molecule has 0 saturated heterocycles. The molecule has 0 unspecified atom stereocenters. The zero-order chi connectivity index (χ0) is 18.4. The van der Waals surface area contributed by atoms with Crippen molar-refractivity contribution in [3.8, 4) is 5.75 Å². The maximum atomic E-state index is 12.3. The van der Waals surface area contributed by atoms with Gasteiger partial charge in [-0.15, -0.1) is 0 Å². The van der Waals surface area contributed by atoms with Crippen LogP contribution in [0.15, 0.2) is 48.5 Å². The second-order valence-corrected chi connectivity index (χ2v) is 5.15. The summed E-state index contributed by atoms with van der Waals surface area (Å²) in [4.78, 5) is 33.8. The van der Waals surface area contributed by atoms with Gasteiger partial charge in [-0.3, -0.25) is 19.7 Å². The van der Waals surface area contributed by atoms with Crippen molar-refractivity contribution >= 4 is 29.1 Å². The third-order valence-corrected chi connectivity index (χ3v) is 3.30. The van der Waals surface area contributed by atoms with Crippen molar-refractivity contribution in [2.45, 2.75) is 6.92 Å². The minimum Gasteiger partial charge on any atom is -0.495 e. The van der Waals surface area contributed by atoms with Crippen LogP contribution < -0.4 is 10.1 Å². The third kappa shape index (κ3) is 4.74. The minimum atomic E-state index is -0.498. The molecule has 0 aliphatic carbocycles. The van der Waals surface area contributed by atoms with Gasteiger partial charge in [0.25, 0.3) is 5.69 Å². The number of nitrogens with one attached hydrogen (secondary N) is 1. The first-order valence-electron chi connectivity index (χ1n) is 7.33. The van der Waals surface area contributed by atoms with Gasteiger partial charge in [0.1, 0.15) is 5.75 Å². The van der Waals surface area contributed by atoms with Crippen LogP contribution in [0.4, 0.5) is 11.4 Å². The van der Waals surface area contributed by atoms with Crippen molar-refractivity contribution in [2.24, 2.45) is 0 Å². The molecule has 7 nitrogen and oxygen atoms in total. The minimum absolute atomic E-state index is 0.0491. The molecule has 0 saturated carbocycles. The first-order chi connectivity index (χ1) is 11.9. The van der Waals surface area contributed by atoms with Crippen molar-refractivity contribution in [3.63, 3.8) is 0 Å². The lowest BCUT2D eigenvalue weighted by molar-refractivity contribution is -0.384. The molecule has 0 aliphatic heterocycles. The van der Waals surface area contributed by atoms with Crippen LogP contribution >= 0.6 is 0 Å². The Morgan fingerprint density at radius 3 is 2.60 bits per heavy atom. The first kappa shape index (κ1) is 17.9. The Bertz CT molecular complexity index is 858. The standard InChI is InChI=1S/C18H16N2O5/c1-12(21)19-16-11-14(7-9-18(16)25-2)17(22)8-6-13-4-3-5-15(10-13)20(23)24/h3-11H,1-2H3,(H,19,21). The molecule has 0 aliphatic rings. The van der Waals surface area contributed by atoms with Gasteiger partial charge in [-0.1, -0.05) is 18.2 Å². The van der Waals surface area contributed by atoms with Crippen LogP contribution in [-0.4, -0.2) is 23.7 Å². The zero-order valence-corrected chi connectivity index (χ0v) is 13.7. The number of amides is 1. The molecule has 0 spiro atoms. The predicted octanol–water partition coefficient (Wildman–Crippen LogP) is 3.46. The number of carbonyl (C=O) groups is 2. The largest absolute Gasteiger partial charge is 0.495 e. The maximum absolute atomic E-state index is 12.3. The van der Waals surface area contributed by atoms with Crippen molar-refractivity contribution in [3.05, 3.63) is 69.8 Å². The van der Waals surface area contributed by atoms with Gasteiger partial charge in [0, 0.05) is 24.6 Å². The number of allylic oxidation sites excluding steroid dienone is 1. The average Bonchev–Trinajstić information content (AvgIpc) is 2.59. The van der Waals surface area contributed by atoms with E-state index in [-0.39, 0.29) is 17.4 Å². The van der Waals surface area contributed by atoms with Crippen LogP contribution in [-0.2, 0) is 4.79 Å². The monoisotopic (exact) mass is 340 g/mol. The van der Waals surface area contributed by atoms with Gasteiger partial charge in [-0.25, -0.2) is 0 Å². The van der Waals surface area contributed by atoms with Crippen molar-refractivity contribution in [1.29, 1.82) is 0 Å². The maximum Gasteiger partial charge on any atom is 0.270 e. The second-order valence-electron chi connectivity index (χ2n) is 5.15. The molecule has 2 aromatic rings. The zero-order valence-electron chi connectivity index (χ0n) is 13.7. The molecule has 0 atom stereocenters. The van der Waals surface area contributed by atoms with Crippen molar-refractivity contribution in [1.82, 2.24) is 0 Å². The number of hydrogen-bond acceptors (Lipinski definition) is 5. The summed E-state index contributed by atoms with van der Waals surface area (Å²) in [6, 6.07) is 10.6. The molecule has 2 aromatic carbocycles. The van der Waals surface area contributed by atoms with Crippen LogP contribution in [0.3, 0.4) is 0 Å². The molecular weight excluding hydrogens is 324 g/mol. The van der Waals surface area contributed by atoms with Gasteiger partial charge in [-0.2, -0.15) is 0 Å². The highest BCUT2D eigenvalue weighted by Gasteiger charge is 2.10. The smallest absolute Gasteiger partial charge is 0.270 e. The van der Waals surface area contributed by atoms with Gasteiger partial charge < -0.3 is 10.1 Å². The molecule has 25 heavy (non-hydrogen) atoms. The summed E-state index contributed by atoms with van der Waals surface area (Å²) in [5.74, 6) is -0.148. The van der Waals surface area contributed by atoms with Crippen molar-refractivity contribution < 1.29 is 19.2 Å². The number of ether oxygens (including phenoxy) is 1. The number of methoxy groups -OCH3 is 1. The third-order valence-electron chi connectivity index (χ3n) is 3.30. The predicted molar refractivity (Wildman–Crippen MR) is 93.8 cm³/mol. The highest BCUT2D eigenvalue weighted by Crippen LogP contribution is 2.26. The van der Waals surface area contributed by atoms with E-state index < -0.39 is 4.92 Å². The fourth-order valence-corrected chi connectivity index (χ4v) is 2.16. The molecule has 2 rings (SSSR count). The summed E-state index contributed by atoms with van der Waals surface area (Å²) in [6.07, 6.45) is 2.82. The molecule has 0 aromatic heterocycles. The summed E-state index contributed by atoms with van der Waals surface area (Å²) in [7, 11) is 1.46. The van der Waals surface area contributed by atoms with Gasteiger partial charge in [0.15, 0.2) is 5.78 Å². The van der Waals surface area contributed by atoms with E-state index in [1.165, 1.54) is 44.4 Å². The second kappa shape index (κ2) is 7.87. The molecule has 7 heteroatoms. The normalized spacial score (nSPS) is 10.5. The first-order valence-corrected chi connectivity index (χ1v) is 7.33. The van der Waals surface area contributed by atoms with Crippen LogP contribution in [0, 0.1) is 10.1 Å². The van der Waals surface area contributed by atoms with Crippen LogP contribution in [0.1, 0.15) is 22.8 Å². The van der Waals surface area contributed by atoms with Crippen LogP contribution in [0.5, 0.6) is 5.75 Å². The highest BCUT2D eigenvalue weighted by atomic mass is 16.6. The lowest BCUT2D eigenvalue weighted by Crippen LogP contribution is -2.08. The molecule has 0 radical (unpaired) electrons. The van der Waals surface area contributed by atoms with E-state index >= 15 is 0 Å². The van der Waals surface area contributed by atoms with E-state index in [0.29, 0.717) is 22.6 Å². The quantitative estimate of drug-likeness (QED) is 0.376. The number of rotatable bonds is 6. The summed E-state index contributed by atoms with van der Waals surface area (Å²) >= 11 is 0. The molecule has 128 valence electrons. The lowest BCUT2D eigenvalue weighted by Gasteiger charge is -2.09. The number of nitrogens with zero attached hydrogens (tertiary/aromatic N) is 1. The fourth-order valence-electron chi connectivity index (χ4n) is 2.16. The number of nitro benzene ring substituents is 1. The average molecular weight is 340 g/mol. The number of nitro groups is 1. The van der Waals surface area contributed by atoms with Crippen LogP contribution in [0.25, 0.3) is 6.08 Å². The Balaban J connectivity index is 2.24. The number of benzene rings is 2. The number of anilines is 1. The molecule has 0 heterocycles. The SMILES string of the molecule is COc1ccc(C(=O)C=Cc2cccc([N+](=O)[O-])c2)cc1NC(C)=O. The number of hydrogen-bond donors (Lipinski definition) is 1. The Morgan fingerprint density at radius 2 is 1.96 bits per heavy atom. The van der Waals surface area contributed by atoms with E-state index in [2.05, 4.69) is 5.32 Å². The lowest BCUT2D eigenvalue weighted by atomic mass is 10.1. The summed E-state index contributed by atoms with van der Waals surface area (Å²) in [5.41, 5.74) is 1.24. The molecule has 0 bridgehead atoms. The highest BCUT2D eigenvalue weighted by molar-refractivity contribution is 6.08. The summed E-state index contributed by atoms with van der Waals surface area (Å²) < 4.78 is 5.14. The fraction of sp³-hybridized carbons (Fsp3) is 0.111.